The molecular formula is C13H16BrClN2O. The molecule has 0 aromatic heterocycles. The number of carbonyl (C=O) groups is 1. The van der Waals surface area contributed by atoms with E-state index in [0.29, 0.717) is 22.7 Å². The van der Waals surface area contributed by atoms with Crippen LogP contribution in [0.3, 0.4) is 0 Å². The molecule has 1 heterocycles. The van der Waals surface area contributed by atoms with Crippen molar-refractivity contribution >= 4 is 33.4 Å². The number of benzene rings is 1. The molecule has 0 saturated carbocycles. The molecule has 1 aliphatic heterocycles. The maximum atomic E-state index is 12.4. The first-order chi connectivity index (χ1) is 8.47. The van der Waals surface area contributed by atoms with Crippen LogP contribution in [-0.4, -0.2) is 36.0 Å². The van der Waals surface area contributed by atoms with Gasteiger partial charge in [0.25, 0.3) is 5.91 Å². The van der Waals surface area contributed by atoms with Crippen molar-refractivity contribution in [2.24, 2.45) is 0 Å². The number of piperazine rings is 1. The summed E-state index contributed by atoms with van der Waals surface area (Å²) in [5.41, 5.74) is 0.667. The molecule has 2 unspecified atom stereocenters. The third-order valence-corrected chi connectivity index (χ3v) is 3.90. The summed E-state index contributed by atoms with van der Waals surface area (Å²) in [7, 11) is 0. The van der Waals surface area contributed by atoms with Crippen LogP contribution >= 0.6 is 27.5 Å². The first-order valence-corrected chi connectivity index (χ1v) is 7.15. The smallest absolute Gasteiger partial charge is 0.255 e. The number of carbonyl (C=O) groups excluding carboxylic acids is 1. The van der Waals surface area contributed by atoms with Crippen LogP contribution in [0.2, 0.25) is 5.02 Å². The van der Waals surface area contributed by atoms with E-state index in [1.54, 1.807) is 18.2 Å². The second-order valence-electron chi connectivity index (χ2n) is 4.80. The number of nitrogens with one attached hydrogen (secondary N) is 1. The molecule has 1 fully saturated rings. The number of nitrogens with zero attached hydrogens (tertiary/aromatic N) is 1. The standard InChI is InChI=1S/C13H16BrClN2O/c1-8-6-17(7-9(2)16-8)13(18)11-4-3-10(15)5-12(11)14/h3-5,8-9,16H,6-7H2,1-2H3. The predicted molar refractivity (Wildman–Crippen MR) is 77.1 cm³/mol. The third kappa shape index (κ3) is 3.05. The van der Waals surface area contributed by atoms with Gasteiger partial charge in [-0.15, -0.1) is 0 Å². The van der Waals surface area contributed by atoms with Crippen molar-refractivity contribution < 1.29 is 4.79 Å². The van der Waals surface area contributed by atoms with Crippen molar-refractivity contribution in [3.8, 4) is 0 Å². The second-order valence-corrected chi connectivity index (χ2v) is 6.09. The Labute approximate surface area is 121 Å². The van der Waals surface area contributed by atoms with Gasteiger partial charge in [-0.3, -0.25) is 4.79 Å². The molecule has 0 bridgehead atoms. The highest BCUT2D eigenvalue weighted by atomic mass is 79.9. The molecule has 18 heavy (non-hydrogen) atoms. The summed E-state index contributed by atoms with van der Waals surface area (Å²) in [5, 5.41) is 4.04. The fourth-order valence-corrected chi connectivity index (χ4v) is 3.18. The summed E-state index contributed by atoms with van der Waals surface area (Å²) in [6.45, 7) is 5.65. The van der Waals surface area contributed by atoms with Crippen LogP contribution in [0.4, 0.5) is 0 Å². The lowest BCUT2D eigenvalue weighted by Gasteiger charge is -2.36. The zero-order valence-electron chi connectivity index (χ0n) is 10.4. The van der Waals surface area contributed by atoms with Crippen LogP contribution < -0.4 is 5.32 Å². The second kappa shape index (κ2) is 5.59. The van der Waals surface area contributed by atoms with Gasteiger partial charge in [0.15, 0.2) is 0 Å². The van der Waals surface area contributed by atoms with E-state index in [-0.39, 0.29) is 5.91 Å². The summed E-state index contributed by atoms with van der Waals surface area (Å²) < 4.78 is 0.749. The van der Waals surface area contributed by atoms with Crippen LogP contribution in [0.5, 0.6) is 0 Å². The van der Waals surface area contributed by atoms with Crippen LogP contribution in [0, 0.1) is 0 Å². The minimum atomic E-state index is 0.0544. The Bertz CT molecular complexity index is 456. The summed E-state index contributed by atoms with van der Waals surface area (Å²) in [6.07, 6.45) is 0. The summed E-state index contributed by atoms with van der Waals surface area (Å²) >= 11 is 9.29. The molecule has 0 radical (unpaired) electrons. The summed E-state index contributed by atoms with van der Waals surface area (Å²) in [5.74, 6) is 0.0544. The van der Waals surface area contributed by atoms with Crippen molar-refractivity contribution in [2.75, 3.05) is 13.1 Å². The number of hydrogen-bond donors (Lipinski definition) is 1. The van der Waals surface area contributed by atoms with Gasteiger partial charge in [0.2, 0.25) is 0 Å². The van der Waals surface area contributed by atoms with E-state index in [1.165, 1.54) is 0 Å². The summed E-state index contributed by atoms with van der Waals surface area (Å²) in [4.78, 5) is 14.3. The van der Waals surface area contributed by atoms with E-state index >= 15 is 0 Å². The number of amides is 1. The highest BCUT2D eigenvalue weighted by molar-refractivity contribution is 9.10. The van der Waals surface area contributed by atoms with E-state index in [4.69, 9.17) is 11.6 Å². The molecule has 2 rings (SSSR count). The zero-order chi connectivity index (χ0) is 13.3. The maximum absolute atomic E-state index is 12.4. The van der Waals surface area contributed by atoms with Gasteiger partial charge in [0, 0.05) is 34.7 Å². The van der Waals surface area contributed by atoms with Crippen LogP contribution in [0.25, 0.3) is 0 Å². The monoisotopic (exact) mass is 330 g/mol. The van der Waals surface area contributed by atoms with Gasteiger partial charge in [-0.05, 0) is 48.0 Å². The molecule has 5 heteroatoms. The van der Waals surface area contributed by atoms with Gasteiger partial charge in [-0.25, -0.2) is 0 Å². The normalized spacial score (nSPS) is 24.1. The molecular weight excluding hydrogens is 316 g/mol. The molecule has 1 aromatic rings. The van der Waals surface area contributed by atoms with Crippen molar-refractivity contribution in [2.45, 2.75) is 25.9 Å². The minimum Gasteiger partial charge on any atom is -0.336 e. The number of hydrogen-bond acceptors (Lipinski definition) is 2. The Balaban J connectivity index is 2.20. The molecule has 0 aliphatic carbocycles. The Morgan fingerprint density at radius 3 is 2.56 bits per heavy atom. The van der Waals surface area contributed by atoms with E-state index < -0.39 is 0 Å². The Kier molecular flexibility index (Phi) is 4.30. The Morgan fingerprint density at radius 2 is 2.00 bits per heavy atom. The fourth-order valence-electron chi connectivity index (χ4n) is 2.33. The summed E-state index contributed by atoms with van der Waals surface area (Å²) in [6, 6.07) is 5.91. The van der Waals surface area contributed by atoms with Crippen LogP contribution in [-0.2, 0) is 0 Å². The van der Waals surface area contributed by atoms with Crippen molar-refractivity contribution in [3.63, 3.8) is 0 Å². The fraction of sp³-hybridized carbons (Fsp3) is 0.462. The van der Waals surface area contributed by atoms with Crippen LogP contribution in [0.1, 0.15) is 24.2 Å². The lowest BCUT2D eigenvalue weighted by Crippen LogP contribution is -2.55. The Morgan fingerprint density at radius 1 is 1.39 bits per heavy atom. The molecule has 1 amide bonds. The average Bonchev–Trinajstić information content (AvgIpc) is 2.26. The number of halogens is 2. The van der Waals surface area contributed by atoms with Crippen molar-refractivity contribution in [3.05, 3.63) is 33.3 Å². The Hall–Kier alpha value is -0.580. The van der Waals surface area contributed by atoms with E-state index in [0.717, 1.165) is 17.6 Å². The number of rotatable bonds is 1. The van der Waals surface area contributed by atoms with E-state index in [2.05, 4.69) is 35.1 Å². The molecule has 1 N–H and O–H groups in total. The molecule has 1 saturated heterocycles. The molecule has 1 aliphatic rings. The lowest BCUT2D eigenvalue weighted by molar-refractivity contribution is 0.0673. The van der Waals surface area contributed by atoms with Gasteiger partial charge < -0.3 is 10.2 Å². The highest BCUT2D eigenvalue weighted by Crippen LogP contribution is 2.23. The zero-order valence-corrected chi connectivity index (χ0v) is 12.8. The third-order valence-electron chi connectivity index (χ3n) is 3.01. The molecule has 1 aromatic carbocycles. The van der Waals surface area contributed by atoms with Gasteiger partial charge in [-0.1, -0.05) is 11.6 Å². The maximum Gasteiger partial charge on any atom is 0.255 e. The van der Waals surface area contributed by atoms with Crippen LogP contribution in [0.15, 0.2) is 22.7 Å². The van der Waals surface area contributed by atoms with Gasteiger partial charge >= 0.3 is 0 Å². The first kappa shape index (κ1) is 13.8. The minimum absolute atomic E-state index is 0.0544. The average molecular weight is 332 g/mol. The lowest BCUT2D eigenvalue weighted by atomic mass is 10.1. The first-order valence-electron chi connectivity index (χ1n) is 5.97. The molecule has 3 nitrogen and oxygen atoms in total. The van der Waals surface area contributed by atoms with Gasteiger partial charge in [-0.2, -0.15) is 0 Å². The van der Waals surface area contributed by atoms with E-state index in [9.17, 15) is 4.79 Å². The molecule has 2 atom stereocenters. The quantitative estimate of drug-likeness (QED) is 0.858. The van der Waals surface area contributed by atoms with E-state index in [1.807, 2.05) is 4.90 Å². The topological polar surface area (TPSA) is 32.3 Å². The van der Waals surface area contributed by atoms with Crippen molar-refractivity contribution in [1.29, 1.82) is 0 Å². The molecule has 98 valence electrons. The predicted octanol–water partition coefficient (Wildman–Crippen LogP) is 2.92. The SMILES string of the molecule is CC1CN(C(=O)c2ccc(Cl)cc2Br)CC(C)N1. The van der Waals surface area contributed by atoms with Crippen molar-refractivity contribution in [1.82, 2.24) is 10.2 Å². The van der Waals surface area contributed by atoms with Gasteiger partial charge in [0.1, 0.15) is 0 Å². The van der Waals surface area contributed by atoms with Gasteiger partial charge in [0.05, 0.1) is 5.56 Å². The highest BCUT2D eigenvalue weighted by Gasteiger charge is 2.26. The molecule has 0 spiro atoms. The largest absolute Gasteiger partial charge is 0.336 e.